The summed E-state index contributed by atoms with van der Waals surface area (Å²) in [6.07, 6.45) is 0. The molecule has 0 aliphatic heterocycles. The minimum absolute atomic E-state index is 0.0771. The van der Waals surface area contributed by atoms with E-state index in [-0.39, 0.29) is 5.91 Å². The standard InChI is InChI=1S/C18H22N2O/c1-4-20(5-2)17-8-6-7-16(13-17)19-18(21)15-11-9-14(3)10-12-15/h6-13H,4-5H2,1-3H3,(H,19,21). The molecule has 0 bridgehead atoms. The largest absolute Gasteiger partial charge is 0.372 e. The Balaban J connectivity index is 2.14. The van der Waals surface area contributed by atoms with E-state index in [1.807, 2.05) is 49.4 Å². The van der Waals surface area contributed by atoms with E-state index in [9.17, 15) is 4.79 Å². The van der Waals surface area contributed by atoms with Crippen molar-refractivity contribution >= 4 is 17.3 Å². The van der Waals surface area contributed by atoms with Gasteiger partial charge in [0.1, 0.15) is 0 Å². The zero-order valence-corrected chi connectivity index (χ0v) is 12.9. The number of nitrogens with zero attached hydrogens (tertiary/aromatic N) is 1. The number of amides is 1. The predicted octanol–water partition coefficient (Wildman–Crippen LogP) is 4.09. The number of carbonyl (C=O) groups excluding carboxylic acids is 1. The average molecular weight is 282 g/mol. The van der Waals surface area contributed by atoms with Crippen molar-refractivity contribution < 1.29 is 4.79 Å². The summed E-state index contributed by atoms with van der Waals surface area (Å²) < 4.78 is 0. The lowest BCUT2D eigenvalue weighted by atomic mass is 10.1. The summed E-state index contributed by atoms with van der Waals surface area (Å²) in [5.74, 6) is -0.0771. The highest BCUT2D eigenvalue weighted by atomic mass is 16.1. The van der Waals surface area contributed by atoms with Crippen LogP contribution in [0.5, 0.6) is 0 Å². The van der Waals surface area contributed by atoms with E-state index in [1.165, 1.54) is 0 Å². The van der Waals surface area contributed by atoms with Gasteiger partial charge in [0.25, 0.3) is 5.91 Å². The maximum Gasteiger partial charge on any atom is 0.255 e. The normalized spacial score (nSPS) is 10.2. The molecule has 0 radical (unpaired) electrons. The molecular weight excluding hydrogens is 260 g/mol. The fraction of sp³-hybridized carbons (Fsp3) is 0.278. The number of anilines is 2. The van der Waals surface area contributed by atoms with Crippen LogP contribution in [-0.2, 0) is 0 Å². The molecule has 0 saturated carbocycles. The number of benzene rings is 2. The molecule has 1 N–H and O–H groups in total. The molecule has 0 saturated heterocycles. The van der Waals surface area contributed by atoms with E-state index in [2.05, 4.69) is 30.1 Å². The molecule has 3 nitrogen and oxygen atoms in total. The number of hydrogen-bond donors (Lipinski definition) is 1. The highest BCUT2D eigenvalue weighted by Crippen LogP contribution is 2.20. The van der Waals surface area contributed by atoms with Gasteiger partial charge < -0.3 is 10.2 Å². The van der Waals surface area contributed by atoms with Gasteiger partial charge >= 0.3 is 0 Å². The van der Waals surface area contributed by atoms with Crippen molar-refractivity contribution in [1.29, 1.82) is 0 Å². The van der Waals surface area contributed by atoms with E-state index in [4.69, 9.17) is 0 Å². The van der Waals surface area contributed by atoms with Gasteiger partial charge in [0, 0.05) is 30.0 Å². The van der Waals surface area contributed by atoms with Crippen LogP contribution in [0.1, 0.15) is 29.8 Å². The molecule has 1 amide bonds. The molecular formula is C18H22N2O. The molecule has 0 aliphatic carbocycles. The molecule has 0 aliphatic rings. The maximum absolute atomic E-state index is 12.2. The number of hydrogen-bond acceptors (Lipinski definition) is 2. The van der Waals surface area contributed by atoms with Gasteiger partial charge in [-0.3, -0.25) is 4.79 Å². The Kier molecular flexibility index (Phi) is 4.99. The second-order valence-corrected chi connectivity index (χ2v) is 5.04. The fourth-order valence-electron chi connectivity index (χ4n) is 2.28. The van der Waals surface area contributed by atoms with Crippen LogP contribution in [0.3, 0.4) is 0 Å². The van der Waals surface area contributed by atoms with Crippen LogP contribution < -0.4 is 10.2 Å². The molecule has 110 valence electrons. The Morgan fingerprint density at radius 3 is 2.33 bits per heavy atom. The van der Waals surface area contributed by atoms with E-state index in [0.717, 1.165) is 30.0 Å². The summed E-state index contributed by atoms with van der Waals surface area (Å²) >= 11 is 0. The molecule has 3 heteroatoms. The van der Waals surface area contributed by atoms with Crippen LogP contribution in [0.25, 0.3) is 0 Å². The van der Waals surface area contributed by atoms with E-state index >= 15 is 0 Å². The monoisotopic (exact) mass is 282 g/mol. The summed E-state index contributed by atoms with van der Waals surface area (Å²) in [7, 11) is 0. The van der Waals surface area contributed by atoms with Gasteiger partial charge in [-0.15, -0.1) is 0 Å². The predicted molar refractivity (Wildman–Crippen MR) is 89.1 cm³/mol. The number of nitrogens with one attached hydrogen (secondary N) is 1. The topological polar surface area (TPSA) is 32.3 Å². The van der Waals surface area contributed by atoms with Crippen molar-refractivity contribution in [2.45, 2.75) is 20.8 Å². The first kappa shape index (κ1) is 15.1. The van der Waals surface area contributed by atoms with Crippen molar-refractivity contribution in [3.05, 3.63) is 59.7 Å². The lowest BCUT2D eigenvalue weighted by molar-refractivity contribution is 0.102. The van der Waals surface area contributed by atoms with Crippen LogP contribution in [-0.4, -0.2) is 19.0 Å². The summed E-state index contributed by atoms with van der Waals surface area (Å²) in [5.41, 5.74) is 3.77. The molecule has 2 aromatic rings. The molecule has 0 aromatic heterocycles. The minimum atomic E-state index is -0.0771. The van der Waals surface area contributed by atoms with Crippen molar-refractivity contribution in [3.8, 4) is 0 Å². The van der Waals surface area contributed by atoms with Gasteiger partial charge in [0.15, 0.2) is 0 Å². The lowest BCUT2D eigenvalue weighted by Crippen LogP contribution is -2.22. The first-order valence-corrected chi connectivity index (χ1v) is 7.37. The lowest BCUT2D eigenvalue weighted by Gasteiger charge is -2.21. The maximum atomic E-state index is 12.2. The Morgan fingerprint density at radius 1 is 1.05 bits per heavy atom. The third-order valence-corrected chi connectivity index (χ3v) is 3.55. The van der Waals surface area contributed by atoms with Gasteiger partial charge in [-0.1, -0.05) is 23.8 Å². The molecule has 0 heterocycles. The molecule has 0 spiro atoms. The smallest absolute Gasteiger partial charge is 0.255 e. The zero-order valence-electron chi connectivity index (χ0n) is 12.9. The van der Waals surface area contributed by atoms with Crippen molar-refractivity contribution in [1.82, 2.24) is 0 Å². The average Bonchev–Trinajstić information content (AvgIpc) is 2.49. The van der Waals surface area contributed by atoms with Crippen molar-refractivity contribution in [3.63, 3.8) is 0 Å². The van der Waals surface area contributed by atoms with Crippen LogP contribution in [0.4, 0.5) is 11.4 Å². The van der Waals surface area contributed by atoms with Gasteiger partial charge in [-0.05, 0) is 51.1 Å². The van der Waals surface area contributed by atoms with Gasteiger partial charge in [-0.2, -0.15) is 0 Å². The number of rotatable bonds is 5. The molecule has 0 atom stereocenters. The third-order valence-electron chi connectivity index (χ3n) is 3.55. The molecule has 0 fully saturated rings. The summed E-state index contributed by atoms with van der Waals surface area (Å²) in [6, 6.07) is 15.5. The van der Waals surface area contributed by atoms with E-state index in [1.54, 1.807) is 0 Å². The minimum Gasteiger partial charge on any atom is -0.372 e. The molecule has 21 heavy (non-hydrogen) atoms. The van der Waals surface area contributed by atoms with Crippen molar-refractivity contribution in [2.24, 2.45) is 0 Å². The fourth-order valence-corrected chi connectivity index (χ4v) is 2.28. The van der Waals surface area contributed by atoms with E-state index < -0.39 is 0 Å². The first-order valence-electron chi connectivity index (χ1n) is 7.37. The summed E-state index contributed by atoms with van der Waals surface area (Å²) in [4.78, 5) is 14.5. The van der Waals surface area contributed by atoms with E-state index in [0.29, 0.717) is 5.56 Å². The van der Waals surface area contributed by atoms with Gasteiger partial charge in [-0.25, -0.2) is 0 Å². The quantitative estimate of drug-likeness (QED) is 0.895. The van der Waals surface area contributed by atoms with Crippen LogP contribution >= 0.6 is 0 Å². The number of aryl methyl sites for hydroxylation is 1. The third kappa shape index (κ3) is 3.85. The Morgan fingerprint density at radius 2 is 1.71 bits per heavy atom. The highest BCUT2D eigenvalue weighted by molar-refractivity contribution is 6.04. The van der Waals surface area contributed by atoms with Crippen molar-refractivity contribution in [2.75, 3.05) is 23.3 Å². The molecule has 2 rings (SSSR count). The Hall–Kier alpha value is -2.29. The summed E-state index contributed by atoms with van der Waals surface area (Å²) in [5, 5.41) is 2.96. The molecule has 2 aromatic carbocycles. The second-order valence-electron chi connectivity index (χ2n) is 5.04. The van der Waals surface area contributed by atoms with Gasteiger partial charge in [0.2, 0.25) is 0 Å². The second kappa shape index (κ2) is 6.93. The molecule has 0 unspecified atom stereocenters. The highest BCUT2D eigenvalue weighted by Gasteiger charge is 2.07. The Bertz CT molecular complexity index is 601. The SMILES string of the molecule is CCN(CC)c1cccc(NC(=O)c2ccc(C)cc2)c1. The zero-order chi connectivity index (χ0) is 15.2. The van der Waals surface area contributed by atoms with Crippen LogP contribution in [0.2, 0.25) is 0 Å². The summed E-state index contributed by atoms with van der Waals surface area (Å²) in [6.45, 7) is 8.16. The number of carbonyl (C=O) groups is 1. The van der Waals surface area contributed by atoms with Crippen LogP contribution in [0, 0.1) is 6.92 Å². The Labute approximate surface area is 126 Å². The first-order chi connectivity index (χ1) is 10.1. The van der Waals surface area contributed by atoms with Gasteiger partial charge in [0.05, 0.1) is 0 Å². The van der Waals surface area contributed by atoms with Crippen LogP contribution in [0.15, 0.2) is 48.5 Å².